The van der Waals surface area contributed by atoms with E-state index in [1.165, 1.54) is 4.68 Å². The number of rotatable bonds is 3. The predicted molar refractivity (Wildman–Crippen MR) is 98.7 cm³/mol. The van der Waals surface area contributed by atoms with Crippen LogP contribution in [0.5, 0.6) is 11.5 Å². The quantitative estimate of drug-likeness (QED) is 0.612. The number of fused-ring (bicyclic) bond motifs is 2. The number of aromatic nitrogens is 3. The summed E-state index contributed by atoms with van der Waals surface area (Å²) in [6.07, 6.45) is 0. The van der Waals surface area contributed by atoms with Crippen molar-refractivity contribution in [1.82, 2.24) is 14.8 Å². The molecule has 0 unspecified atom stereocenters. The van der Waals surface area contributed by atoms with E-state index in [1.54, 1.807) is 38.5 Å². The Bertz CT molecular complexity index is 1130. The van der Waals surface area contributed by atoms with E-state index < -0.39 is 0 Å². The molecule has 0 atom stereocenters. The Morgan fingerprint density at radius 2 is 1.69 bits per heavy atom. The molecule has 0 fully saturated rings. The SMILES string of the molecule is COc1ccc(C(=O)n2nc(N)c3cc4cc(OC)ccc4nc32)cc1. The average Bonchev–Trinajstić information content (AvgIpc) is 3.01. The van der Waals surface area contributed by atoms with Crippen LogP contribution < -0.4 is 15.2 Å². The van der Waals surface area contributed by atoms with Crippen LogP contribution >= 0.6 is 0 Å². The molecule has 4 rings (SSSR count). The van der Waals surface area contributed by atoms with Gasteiger partial charge in [-0.2, -0.15) is 4.68 Å². The average molecular weight is 348 g/mol. The largest absolute Gasteiger partial charge is 0.497 e. The molecule has 0 aliphatic carbocycles. The lowest BCUT2D eigenvalue weighted by Gasteiger charge is -2.05. The van der Waals surface area contributed by atoms with E-state index >= 15 is 0 Å². The van der Waals surface area contributed by atoms with Crippen LogP contribution in [-0.2, 0) is 0 Å². The maximum atomic E-state index is 12.9. The van der Waals surface area contributed by atoms with Crippen molar-refractivity contribution in [2.45, 2.75) is 0 Å². The van der Waals surface area contributed by atoms with Crippen molar-refractivity contribution in [3.05, 3.63) is 54.1 Å². The zero-order valence-corrected chi connectivity index (χ0v) is 14.3. The van der Waals surface area contributed by atoms with Gasteiger partial charge in [0.05, 0.1) is 25.1 Å². The fraction of sp³-hybridized carbons (Fsp3) is 0.105. The highest BCUT2D eigenvalue weighted by molar-refractivity contribution is 6.05. The third kappa shape index (κ3) is 2.50. The highest BCUT2D eigenvalue weighted by Crippen LogP contribution is 2.27. The van der Waals surface area contributed by atoms with Gasteiger partial charge in [-0.1, -0.05) is 0 Å². The second kappa shape index (κ2) is 6.03. The molecular weight excluding hydrogens is 332 g/mol. The van der Waals surface area contributed by atoms with Crippen molar-refractivity contribution in [2.24, 2.45) is 0 Å². The van der Waals surface area contributed by atoms with Gasteiger partial charge < -0.3 is 15.2 Å². The molecule has 130 valence electrons. The third-order valence-electron chi connectivity index (χ3n) is 4.22. The summed E-state index contributed by atoms with van der Waals surface area (Å²) in [4.78, 5) is 17.4. The van der Waals surface area contributed by atoms with Crippen LogP contribution in [0.4, 0.5) is 5.82 Å². The number of anilines is 1. The van der Waals surface area contributed by atoms with E-state index in [4.69, 9.17) is 15.2 Å². The first kappa shape index (κ1) is 15.9. The Morgan fingerprint density at radius 1 is 1.00 bits per heavy atom. The van der Waals surface area contributed by atoms with Gasteiger partial charge in [-0.05, 0) is 48.5 Å². The Labute approximate surface area is 149 Å². The molecule has 0 saturated carbocycles. The predicted octanol–water partition coefficient (Wildman–Crippen LogP) is 2.87. The first-order valence-corrected chi connectivity index (χ1v) is 7.92. The van der Waals surface area contributed by atoms with Crippen LogP contribution in [-0.4, -0.2) is 34.9 Å². The number of carbonyl (C=O) groups excluding carboxylic acids is 1. The molecule has 4 aromatic rings. The molecule has 2 heterocycles. The lowest BCUT2D eigenvalue weighted by atomic mass is 10.1. The van der Waals surface area contributed by atoms with E-state index in [1.807, 2.05) is 24.3 Å². The van der Waals surface area contributed by atoms with Gasteiger partial charge in [0, 0.05) is 10.9 Å². The minimum atomic E-state index is -0.310. The van der Waals surface area contributed by atoms with Gasteiger partial charge in [0.15, 0.2) is 11.5 Å². The molecule has 0 saturated heterocycles. The van der Waals surface area contributed by atoms with E-state index in [-0.39, 0.29) is 11.7 Å². The lowest BCUT2D eigenvalue weighted by molar-refractivity contribution is 0.0950. The number of nitrogen functional groups attached to an aromatic ring is 1. The van der Waals surface area contributed by atoms with E-state index in [2.05, 4.69) is 10.1 Å². The standard InChI is InChI=1S/C19H16N4O3/c1-25-13-5-3-11(4-6-13)19(24)23-18-15(17(20)22-23)10-12-9-14(26-2)7-8-16(12)21-18/h3-10H,1-2H3,(H2,20,22). The summed E-state index contributed by atoms with van der Waals surface area (Å²) in [5.41, 5.74) is 7.63. The molecule has 0 amide bonds. The molecule has 0 aliphatic heterocycles. The normalized spacial score (nSPS) is 11.0. The van der Waals surface area contributed by atoms with Crippen LogP contribution in [0.3, 0.4) is 0 Å². The molecule has 7 heteroatoms. The van der Waals surface area contributed by atoms with Crippen LogP contribution in [0.1, 0.15) is 10.4 Å². The Morgan fingerprint density at radius 3 is 2.38 bits per heavy atom. The first-order chi connectivity index (χ1) is 12.6. The number of nitrogens with two attached hydrogens (primary N) is 1. The van der Waals surface area contributed by atoms with Crippen molar-refractivity contribution in [2.75, 3.05) is 20.0 Å². The highest BCUT2D eigenvalue weighted by Gasteiger charge is 2.18. The van der Waals surface area contributed by atoms with Crippen LogP contribution in [0.2, 0.25) is 0 Å². The minimum absolute atomic E-state index is 0.249. The Hall–Kier alpha value is -3.61. The fourth-order valence-corrected chi connectivity index (χ4v) is 2.83. The number of nitrogens with zero attached hydrogens (tertiary/aromatic N) is 3. The van der Waals surface area contributed by atoms with E-state index in [0.717, 1.165) is 16.7 Å². The minimum Gasteiger partial charge on any atom is -0.497 e. The van der Waals surface area contributed by atoms with Gasteiger partial charge in [-0.25, -0.2) is 4.98 Å². The topological polar surface area (TPSA) is 92.3 Å². The summed E-state index contributed by atoms with van der Waals surface area (Å²) in [6.45, 7) is 0. The zero-order valence-electron chi connectivity index (χ0n) is 14.3. The summed E-state index contributed by atoms with van der Waals surface area (Å²) in [7, 11) is 3.18. The van der Waals surface area contributed by atoms with Crippen LogP contribution in [0, 0.1) is 0 Å². The maximum absolute atomic E-state index is 12.9. The van der Waals surface area contributed by atoms with E-state index in [0.29, 0.717) is 22.3 Å². The molecule has 0 aliphatic rings. The van der Waals surface area contributed by atoms with Crippen molar-refractivity contribution >= 4 is 33.7 Å². The third-order valence-corrected chi connectivity index (χ3v) is 4.22. The Balaban J connectivity index is 1.86. The molecule has 7 nitrogen and oxygen atoms in total. The zero-order chi connectivity index (χ0) is 18.3. The molecule has 0 spiro atoms. The van der Waals surface area contributed by atoms with E-state index in [9.17, 15) is 4.79 Å². The number of hydrogen-bond donors (Lipinski definition) is 1. The van der Waals surface area contributed by atoms with Crippen molar-refractivity contribution in [3.8, 4) is 11.5 Å². The van der Waals surface area contributed by atoms with Crippen LogP contribution in [0.25, 0.3) is 21.9 Å². The summed E-state index contributed by atoms with van der Waals surface area (Å²) in [6, 6.07) is 14.2. The van der Waals surface area contributed by atoms with Gasteiger partial charge >= 0.3 is 0 Å². The molecule has 26 heavy (non-hydrogen) atoms. The number of ether oxygens (including phenoxy) is 2. The summed E-state index contributed by atoms with van der Waals surface area (Å²) in [5, 5.41) is 5.67. The number of methoxy groups -OCH3 is 2. The maximum Gasteiger partial charge on any atom is 0.280 e. The fourth-order valence-electron chi connectivity index (χ4n) is 2.83. The van der Waals surface area contributed by atoms with Crippen molar-refractivity contribution in [3.63, 3.8) is 0 Å². The Kier molecular flexibility index (Phi) is 3.69. The molecule has 2 aromatic carbocycles. The van der Waals surface area contributed by atoms with Gasteiger partial charge in [-0.15, -0.1) is 5.10 Å². The summed E-state index contributed by atoms with van der Waals surface area (Å²) < 4.78 is 11.6. The second-order valence-electron chi connectivity index (χ2n) is 5.75. The number of benzene rings is 2. The van der Waals surface area contributed by atoms with Crippen molar-refractivity contribution in [1.29, 1.82) is 0 Å². The van der Waals surface area contributed by atoms with Gasteiger partial charge in [-0.3, -0.25) is 4.79 Å². The van der Waals surface area contributed by atoms with Crippen molar-refractivity contribution < 1.29 is 14.3 Å². The van der Waals surface area contributed by atoms with Crippen LogP contribution in [0.15, 0.2) is 48.5 Å². The molecule has 2 N–H and O–H groups in total. The molecule has 2 aromatic heterocycles. The first-order valence-electron chi connectivity index (χ1n) is 7.92. The molecular formula is C19H16N4O3. The van der Waals surface area contributed by atoms with Gasteiger partial charge in [0.2, 0.25) is 0 Å². The number of pyridine rings is 1. The second-order valence-corrected chi connectivity index (χ2v) is 5.75. The monoisotopic (exact) mass is 348 g/mol. The highest BCUT2D eigenvalue weighted by atomic mass is 16.5. The molecule has 0 bridgehead atoms. The number of carbonyl (C=O) groups is 1. The summed E-state index contributed by atoms with van der Waals surface area (Å²) in [5.74, 6) is 1.33. The van der Waals surface area contributed by atoms with Gasteiger partial charge in [0.25, 0.3) is 5.91 Å². The molecule has 0 radical (unpaired) electrons. The number of hydrogen-bond acceptors (Lipinski definition) is 6. The van der Waals surface area contributed by atoms with Gasteiger partial charge in [0.1, 0.15) is 11.5 Å². The smallest absolute Gasteiger partial charge is 0.280 e. The lowest BCUT2D eigenvalue weighted by Crippen LogP contribution is -2.14. The summed E-state index contributed by atoms with van der Waals surface area (Å²) >= 11 is 0.